The van der Waals surface area contributed by atoms with E-state index < -0.39 is 53.2 Å². The molecule has 0 unspecified atom stereocenters. The van der Waals surface area contributed by atoms with Crippen molar-refractivity contribution >= 4 is 34.9 Å². The third-order valence-corrected chi connectivity index (χ3v) is 9.59. The van der Waals surface area contributed by atoms with Gasteiger partial charge in [0.2, 0.25) is 5.78 Å². The monoisotopic (exact) mass is 629 g/mol. The molecule has 4 aromatic rings. The number of ketones is 1. The Bertz CT molecular complexity index is 1820. The van der Waals surface area contributed by atoms with E-state index in [4.69, 9.17) is 11.6 Å². The second-order valence-electron chi connectivity index (χ2n) is 11.8. The number of nitrogens with one attached hydrogen (secondary N) is 1. The lowest BCUT2D eigenvalue weighted by molar-refractivity contribution is -0.159. The Labute approximate surface area is 262 Å². The third-order valence-electron chi connectivity index (χ3n) is 9.36. The van der Waals surface area contributed by atoms with Crippen LogP contribution in [0.4, 0.5) is 18.9 Å². The quantitative estimate of drug-likeness (QED) is 0.275. The van der Waals surface area contributed by atoms with Crippen LogP contribution in [0.5, 0.6) is 0 Å². The van der Waals surface area contributed by atoms with Crippen molar-refractivity contribution in [1.82, 2.24) is 10.2 Å². The number of fused-ring (bicyclic) bond motifs is 3. The van der Waals surface area contributed by atoms with Gasteiger partial charge in [-0.1, -0.05) is 103 Å². The second kappa shape index (κ2) is 10.6. The normalized spacial score (nSPS) is 26.0. The molecule has 3 aliphatic rings. The van der Waals surface area contributed by atoms with Crippen molar-refractivity contribution in [2.75, 3.05) is 11.4 Å². The number of amides is 2. The molecule has 1 N–H and O–H groups in total. The summed E-state index contributed by atoms with van der Waals surface area (Å²) >= 11 is 6.32. The van der Waals surface area contributed by atoms with Crippen LogP contribution >= 0.6 is 11.6 Å². The number of halogens is 4. The first-order chi connectivity index (χ1) is 21.6. The Morgan fingerprint density at radius 2 is 1.42 bits per heavy atom. The summed E-state index contributed by atoms with van der Waals surface area (Å²) in [4.78, 5) is 46.2. The molecule has 0 aliphatic carbocycles. The minimum absolute atomic E-state index is 0.00817. The standard InChI is InChI=1S/C35H27ClF3N3O3/c36-25-15-9-14-24(18-25)28-29(35(37,38)39)40-34(33(28)21-41(31(44)30(33)43)19-22-10-3-1-4-11-22)26-16-7-8-17-27(26)42(32(34)45)20-23-12-5-2-6-13-23/h1-18,28-29,40H,19-21H2/t28-,29+,33-,34-/m1/s1. The molecule has 10 heteroatoms. The van der Waals surface area contributed by atoms with Crippen molar-refractivity contribution in [3.05, 3.63) is 136 Å². The van der Waals surface area contributed by atoms with Crippen LogP contribution in [0.25, 0.3) is 0 Å². The van der Waals surface area contributed by atoms with E-state index >= 15 is 13.2 Å². The Hall–Kier alpha value is -4.47. The molecule has 0 radical (unpaired) electrons. The van der Waals surface area contributed by atoms with Gasteiger partial charge in [-0.2, -0.15) is 13.2 Å². The van der Waals surface area contributed by atoms with Gasteiger partial charge >= 0.3 is 6.18 Å². The van der Waals surface area contributed by atoms with Gasteiger partial charge in [0.05, 0.1) is 12.0 Å². The van der Waals surface area contributed by atoms with E-state index in [0.717, 1.165) is 5.56 Å². The van der Waals surface area contributed by atoms with Crippen molar-refractivity contribution in [3.63, 3.8) is 0 Å². The lowest BCUT2D eigenvalue weighted by Crippen LogP contribution is -2.60. The third kappa shape index (κ3) is 4.32. The van der Waals surface area contributed by atoms with E-state index in [1.54, 1.807) is 54.6 Å². The molecule has 2 spiro atoms. The highest BCUT2D eigenvalue weighted by Crippen LogP contribution is 2.65. The maximum atomic E-state index is 15.3. The number of nitrogens with zero attached hydrogens (tertiary/aromatic N) is 2. The van der Waals surface area contributed by atoms with E-state index in [9.17, 15) is 14.4 Å². The van der Waals surface area contributed by atoms with Crippen molar-refractivity contribution in [2.45, 2.75) is 36.8 Å². The van der Waals surface area contributed by atoms with E-state index in [-0.39, 0.29) is 29.2 Å². The van der Waals surface area contributed by atoms with Gasteiger partial charge in [0, 0.05) is 35.3 Å². The minimum atomic E-state index is -4.90. The fourth-order valence-corrected chi connectivity index (χ4v) is 7.80. The van der Waals surface area contributed by atoms with Crippen molar-refractivity contribution in [2.24, 2.45) is 5.41 Å². The van der Waals surface area contributed by atoms with Gasteiger partial charge in [-0.25, -0.2) is 0 Å². The Morgan fingerprint density at radius 1 is 0.800 bits per heavy atom. The van der Waals surface area contributed by atoms with Crippen LogP contribution in [-0.4, -0.2) is 41.3 Å². The van der Waals surface area contributed by atoms with Crippen LogP contribution in [0.2, 0.25) is 5.02 Å². The number of Topliss-reactive ketones (excluding diaryl/α,β-unsaturated/α-hetero) is 1. The average molecular weight is 630 g/mol. The predicted molar refractivity (Wildman–Crippen MR) is 162 cm³/mol. The number of alkyl halides is 3. The maximum absolute atomic E-state index is 15.3. The summed E-state index contributed by atoms with van der Waals surface area (Å²) in [6.45, 7) is -0.355. The minimum Gasteiger partial charge on any atom is -0.331 e. The predicted octanol–water partition coefficient (Wildman–Crippen LogP) is 6.00. The Morgan fingerprint density at radius 3 is 2.07 bits per heavy atom. The number of carbonyl (C=O) groups is 3. The van der Waals surface area contributed by atoms with Crippen molar-refractivity contribution in [1.29, 1.82) is 0 Å². The summed E-state index contributed by atoms with van der Waals surface area (Å²) < 4.78 is 45.8. The zero-order valence-electron chi connectivity index (χ0n) is 23.8. The molecule has 4 atom stereocenters. The summed E-state index contributed by atoms with van der Waals surface area (Å²) in [5, 5.41) is 2.88. The number of hydrogen-bond donors (Lipinski definition) is 1. The van der Waals surface area contributed by atoms with Crippen LogP contribution < -0.4 is 10.2 Å². The molecule has 2 saturated heterocycles. The molecule has 228 valence electrons. The lowest BCUT2D eigenvalue weighted by Gasteiger charge is -2.40. The molecular weight excluding hydrogens is 603 g/mol. The zero-order chi connectivity index (χ0) is 31.6. The second-order valence-corrected chi connectivity index (χ2v) is 12.2. The maximum Gasteiger partial charge on any atom is 0.404 e. The molecule has 7 rings (SSSR count). The van der Waals surface area contributed by atoms with E-state index in [0.29, 0.717) is 11.3 Å². The molecule has 2 amide bonds. The highest BCUT2D eigenvalue weighted by atomic mass is 35.5. The number of likely N-dealkylation sites (tertiary alicyclic amines) is 1. The fourth-order valence-electron chi connectivity index (χ4n) is 7.60. The van der Waals surface area contributed by atoms with Gasteiger partial charge in [0.25, 0.3) is 11.8 Å². The van der Waals surface area contributed by atoms with E-state index in [1.807, 2.05) is 30.3 Å². The van der Waals surface area contributed by atoms with Gasteiger partial charge < -0.3 is 9.80 Å². The summed E-state index contributed by atoms with van der Waals surface area (Å²) in [6.07, 6.45) is -4.90. The molecule has 0 saturated carbocycles. The van der Waals surface area contributed by atoms with Gasteiger partial charge in [0.1, 0.15) is 11.6 Å². The molecule has 45 heavy (non-hydrogen) atoms. The zero-order valence-corrected chi connectivity index (χ0v) is 24.6. The number of carbonyl (C=O) groups excluding carboxylic acids is 3. The van der Waals surface area contributed by atoms with Crippen LogP contribution in [0.3, 0.4) is 0 Å². The number of rotatable bonds is 5. The molecule has 4 aromatic carbocycles. The first kappa shape index (κ1) is 29.3. The summed E-state index contributed by atoms with van der Waals surface area (Å²) in [5.41, 5.74) is -2.19. The van der Waals surface area contributed by atoms with Crippen molar-refractivity contribution in [3.8, 4) is 0 Å². The Balaban J connectivity index is 1.48. The first-order valence-electron chi connectivity index (χ1n) is 14.5. The molecule has 3 aliphatic heterocycles. The van der Waals surface area contributed by atoms with Gasteiger partial charge in [-0.15, -0.1) is 0 Å². The summed E-state index contributed by atoms with van der Waals surface area (Å²) in [7, 11) is 0. The number of benzene rings is 4. The van der Waals surface area contributed by atoms with Crippen LogP contribution in [0, 0.1) is 5.41 Å². The van der Waals surface area contributed by atoms with Crippen LogP contribution in [0.1, 0.15) is 28.2 Å². The largest absolute Gasteiger partial charge is 0.404 e. The molecule has 2 fully saturated rings. The van der Waals surface area contributed by atoms with Gasteiger partial charge in [-0.05, 0) is 34.9 Å². The van der Waals surface area contributed by atoms with E-state index in [1.165, 1.54) is 34.1 Å². The fraction of sp³-hybridized carbons (Fsp3) is 0.229. The molecule has 3 heterocycles. The first-order valence-corrected chi connectivity index (χ1v) is 14.9. The topological polar surface area (TPSA) is 69.7 Å². The molecule has 0 bridgehead atoms. The number of para-hydroxylation sites is 1. The lowest BCUT2D eigenvalue weighted by atomic mass is 9.59. The van der Waals surface area contributed by atoms with Crippen LogP contribution in [0.15, 0.2) is 109 Å². The number of anilines is 1. The van der Waals surface area contributed by atoms with Crippen LogP contribution in [-0.2, 0) is 33.0 Å². The Kier molecular flexibility index (Phi) is 6.87. The highest BCUT2D eigenvalue weighted by Gasteiger charge is 2.81. The highest BCUT2D eigenvalue weighted by molar-refractivity contribution is 6.42. The molecule has 6 nitrogen and oxygen atoms in total. The smallest absolute Gasteiger partial charge is 0.331 e. The average Bonchev–Trinajstić information content (AvgIpc) is 3.57. The van der Waals surface area contributed by atoms with Gasteiger partial charge in [0.15, 0.2) is 0 Å². The van der Waals surface area contributed by atoms with Crippen molar-refractivity contribution < 1.29 is 27.6 Å². The van der Waals surface area contributed by atoms with E-state index in [2.05, 4.69) is 5.32 Å². The summed E-state index contributed by atoms with van der Waals surface area (Å²) in [5.74, 6) is -4.33. The SMILES string of the molecule is O=C1C(=O)[C@@]2(CN1Cc1ccccc1)[C@H](c1cccc(Cl)c1)[C@@H](C(F)(F)F)N[C@]21C(=O)N(Cc2ccccc2)c2ccccc21. The number of hydrogen-bond acceptors (Lipinski definition) is 4. The van der Waals surface area contributed by atoms with Gasteiger partial charge in [-0.3, -0.25) is 19.7 Å². The molecule has 0 aromatic heterocycles. The molecular formula is C35H27ClF3N3O3. The summed E-state index contributed by atoms with van der Waals surface area (Å²) in [6, 6.07) is 28.1.